The maximum atomic E-state index is 12.2. The molecule has 0 saturated heterocycles. The first-order valence-corrected chi connectivity index (χ1v) is 8.89. The van der Waals surface area contributed by atoms with Gasteiger partial charge < -0.3 is 10.1 Å². The van der Waals surface area contributed by atoms with Crippen molar-refractivity contribution in [1.29, 1.82) is 0 Å². The minimum atomic E-state index is -3.43. The van der Waals surface area contributed by atoms with E-state index in [9.17, 15) is 13.2 Å². The van der Waals surface area contributed by atoms with Crippen LogP contribution in [-0.2, 0) is 19.6 Å². The summed E-state index contributed by atoms with van der Waals surface area (Å²) in [5.74, 6) is -0.921. The predicted molar refractivity (Wildman–Crippen MR) is 75.7 cm³/mol. The zero-order valence-corrected chi connectivity index (χ0v) is 12.7. The van der Waals surface area contributed by atoms with Crippen molar-refractivity contribution in [3.8, 4) is 0 Å². The van der Waals surface area contributed by atoms with Crippen LogP contribution in [0.1, 0.15) is 38.5 Å². The molecule has 0 aromatic heterocycles. The molecule has 20 heavy (non-hydrogen) atoms. The Morgan fingerprint density at radius 2 is 1.95 bits per heavy atom. The summed E-state index contributed by atoms with van der Waals surface area (Å²) in [6, 6.07) is 0.644. The first-order valence-electron chi connectivity index (χ1n) is 7.34. The molecule has 0 aliphatic heterocycles. The maximum Gasteiger partial charge on any atom is 0.310 e. The Morgan fingerprint density at radius 1 is 1.20 bits per heavy atom. The van der Waals surface area contributed by atoms with Gasteiger partial charge in [-0.2, -0.15) is 0 Å². The molecular weight excluding hydrogens is 280 g/mol. The molecule has 0 amide bonds. The summed E-state index contributed by atoms with van der Waals surface area (Å²) in [4.78, 5) is 11.6. The summed E-state index contributed by atoms with van der Waals surface area (Å²) < 4.78 is 31.8. The second-order valence-electron chi connectivity index (χ2n) is 5.62. The third kappa shape index (κ3) is 4.17. The van der Waals surface area contributed by atoms with E-state index < -0.39 is 27.2 Å². The highest BCUT2D eigenvalue weighted by atomic mass is 32.2. The summed E-state index contributed by atoms with van der Waals surface area (Å²) in [5, 5.41) is 2.71. The van der Waals surface area contributed by atoms with E-state index in [2.05, 4.69) is 10.0 Å². The van der Waals surface area contributed by atoms with Crippen LogP contribution in [0.2, 0.25) is 0 Å². The molecule has 2 unspecified atom stereocenters. The summed E-state index contributed by atoms with van der Waals surface area (Å²) in [5.41, 5.74) is 0. The molecule has 2 N–H and O–H groups in total. The highest BCUT2D eigenvalue weighted by molar-refractivity contribution is 7.90. The molecule has 0 radical (unpaired) electrons. The number of hydrogen-bond acceptors (Lipinski definition) is 5. The third-order valence-electron chi connectivity index (χ3n) is 4.02. The molecule has 2 fully saturated rings. The number of hydrogen-bond donors (Lipinski definition) is 2. The van der Waals surface area contributed by atoms with Gasteiger partial charge in [-0.05, 0) is 38.6 Å². The summed E-state index contributed by atoms with van der Waals surface area (Å²) in [7, 11) is -2.12. The molecule has 116 valence electrons. The summed E-state index contributed by atoms with van der Waals surface area (Å²) in [6.45, 7) is 1.25. The van der Waals surface area contributed by atoms with E-state index in [1.54, 1.807) is 0 Å². The quantitative estimate of drug-likeness (QED) is 0.500. The van der Waals surface area contributed by atoms with Crippen LogP contribution in [0.15, 0.2) is 0 Å². The van der Waals surface area contributed by atoms with Crippen LogP contribution in [0.4, 0.5) is 0 Å². The van der Waals surface area contributed by atoms with Crippen molar-refractivity contribution in [3.05, 3.63) is 0 Å². The molecule has 2 atom stereocenters. The molecule has 2 rings (SSSR count). The van der Waals surface area contributed by atoms with E-state index in [4.69, 9.17) is 4.74 Å². The minimum absolute atomic E-state index is 0.409. The van der Waals surface area contributed by atoms with E-state index in [0.29, 0.717) is 25.4 Å². The van der Waals surface area contributed by atoms with E-state index in [0.717, 1.165) is 19.4 Å². The molecule has 7 heteroatoms. The lowest BCUT2D eigenvalue weighted by atomic mass is 10.1. The lowest BCUT2D eigenvalue weighted by Crippen LogP contribution is -2.40. The predicted octanol–water partition coefficient (Wildman–Crippen LogP) is 0.390. The van der Waals surface area contributed by atoms with Crippen LogP contribution in [0, 0.1) is 5.92 Å². The van der Waals surface area contributed by atoms with Gasteiger partial charge in [0.15, 0.2) is 0 Å². The lowest BCUT2D eigenvalue weighted by molar-refractivity contribution is -0.145. The third-order valence-corrected chi connectivity index (χ3v) is 5.99. The summed E-state index contributed by atoms with van der Waals surface area (Å²) >= 11 is 0. The summed E-state index contributed by atoms with van der Waals surface area (Å²) in [6.07, 6.45) is 5.13. The Bertz CT molecular complexity index is 434. The molecule has 0 bridgehead atoms. The van der Waals surface area contributed by atoms with Gasteiger partial charge in [-0.25, -0.2) is 13.1 Å². The van der Waals surface area contributed by atoms with Crippen LogP contribution in [0.5, 0.6) is 0 Å². The molecule has 0 heterocycles. The topological polar surface area (TPSA) is 84.5 Å². The van der Waals surface area contributed by atoms with Crippen LogP contribution in [0.3, 0.4) is 0 Å². The smallest absolute Gasteiger partial charge is 0.310 e. The van der Waals surface area contributed by atoms with Gasteiger partial charge in [0, 0.05) is 12.6 Å². The second-order valence-corrected chi connectivity index (χ2v) is 7.60. The van der Waals surface area contributed by atoms with Gasteiger partial charge in [-0.3, -0.25) is 4.79 Å². The fourth-order valence-corrected chi connectivity index (χ4v) is 4.52. The van der Waals surface area contributed by atoms with Crippen molar-refractivity contribution < 1.29 is 17.9 Å². The van der Waals surface area contributed by atoms with E-state index in [-0.39, 0.29) is 0 Å². The zero-order chi connectivity index (χ0) is 14.6. The van der Waals surface area contributed by atoms with Crippen molar-refractivity contribution >= 4 is 16.0 Å². The van der Waals surface area contributed by atoms with Gasteiger partial charge in [-0.15, -0.1) is 0 Å². The number of methoxy groups -OCH3 is 1. The monoisotopic (exact) mass is 304 g/mol. The number of sulfonamides is 1. The normalized spacial score (nSPS) is 26.6. The Balaban J connectivity index is 1.77. The lowest BCUT2D eigenvalue weighted by Gasteiger charge is -2.18. The van der Waals surface area contributed by atoms with Crippen molar-refractivity contribution in [2.24, 2.45) is 5.92 Å². The highest BCUT2D eigenvalue weighted by Crippen LogP contribution is 2.31. The van der Waals surface area contributed by atoms with E-state index in [1.807, 2.05) is 0 Å². The number of ether oxygens (including phenoxy) is 1. The largest absolute Gasteiger partial charge is 0.469 e. The fourth-order valence-electron chi connectivity index (χ4n) is 2.72. The van der Waals surface area contributed by atoms with Gasteiger partial charge in [0.2, 0.25) is 10.0 Å². The van der Waals surface area contributed by atoms with E-state index >= 15 is 0 Å². The van der Waals surface area contributed by atoms with Crippen molar-refractivity contribution in [1.82, 2.24) is 10.0 Å². The SMILES string of the molecule is COC(=O)C1CCCC1S(=O)(=O)NCCCNC1CC1. The van der Waals surface area contributed by atoms with Crippen molar-refractivity contribution in [2.75, 3.05) is 20.2 Å². The van der Waals surface area contributed by atoms with Gasteiger partial charge >= 0.3 is 5.97 Å². The van der Waals surface area contributed by atoms with Crippen LogP contribution in [-0.4, -0.2) is 45.9 Å². The fraction of sp³-hybridized carbons (Fsp3) is 0.923. The minimum Gasteiger partial charge on any atom is -0.469 e. The maximum absolute atomic E-state index is 12.2. The zero-order valence-electron chi connectivity index (χ0n) is 11.9. The number of rotatable bonds is 8. The second kappa shape index (κ2) is 6.87. The molecule has 6 nitrogen and oxygen atoms in total. The van der Waals surface area contributed by atoms with E-state index in [1.165, 1.54) is 20.0 Å². The van der Waals surface area contributed by atoms with Crippen LogP contribution >= 0.6 is 0 Å². The standard InChI is InChI=1S/C13H24N2O4S/c1-19-13(16)11-4-2-5-12(11)20(17,18)15-9-3-8-14-10-6-7-10/h10-12,14-15H,2-9H2,1H3. The number of esters is 1. The molecule has 0 spiro atoms. The van der Waals surface area contributed by atoms with Crippen molar-refractivity contribution in [2.45, 2.75) is 49.8 Å². The molecule has 2 aliphatic rings. The first kappa shape index (κ1) is 15.7. The Morgan fingerprint density at radius 3 is 2.60 bits per heavy atom. The van der Waals surface area contributed by atoms with Gasteiger partial charge in [0.25, 0.3) is 0 Å². The molecule has 2 saturated carbocycles. The number of nitrogens with one attached hydrogen (secondary N) is 2. The van der Waals surface area contributed by atoms with Gasteiger partial charge in [0.1, 0.15) is 0 Å². The number of carbonyl (C=O) groups is 1. The molecular formula is C13H24N2O4S. The van der Waals surface area contributed by atoms with Crippen LogP contribution in [0.25, 0.3) is 0 Å². The molecule has 2 aliphatic carbocycles. The first-order chi connectivity index (χ1) is 9.54. The molecule has 0 aromatic rings. The Hall–Kier alpha value is -0.660. The Labute approximate surface area is 120 Å². The Kier molecular flexibility index (Phi) is 5.40. The van der Waals surface area contributed by atoms with Gasteiger partial charge in [0.05, 0.1) is 18.3 Å². The van der Waals surface area contributed by atoms with Crippen LogP contribution < -0.4 is 10.0 Å². The number of carbonyl (C=O) groups excluding carboxylic acids is 1. The van der Waals surface area contributed by atoms with Crippen molar-refractivity contribution in [3.63, 3.8) is 0 Å². The highest BCUT2D eigenvalue weighted by Gasteiger charge is 2.41. The van der Waals surface area contributed by atoms with Gasteiger partial charge in [-0.1, -0.05) is 6.42 Å². The average Bonchev–Trinajstić information content (AvgIpc) is 3.10. The molecule has 0 aromatic carbocycles. The average molecular weight is 304 g/mol.